The molecule has 0 saturated carbocycles. The van der Waals surface area contributed by atoms with Crippen molar-refractivity contribution in [1.29, 1.82) is 0 Å². The Labute approximate surface area is 138 Å². The van der Waals surface area contributed by atoms with Crippen LogP contribution in [0.3, 0.4) is 0 Å². The van der Waals surface area contributed by atoms with Gasteiger partial charge >= 0.3 is 0 Å². The van der Waals surface area contributed by atoms with Gasteiger partial charge in [-0.05, 0) is 56.5 Å². The average Bonchev–Trinajstić information content (AvgIpc) is 2.92. The normalized spacial score (nSPS) is 20.6. The number of nitrogens with zero attached hydrogens (tertiary/aromatic N) is 1. The third kappa shape index (κ3) is 3.06. The SMILES string of the molecule is CC1(CN2CCC(c3ccccc3)CC2)Nc2ccccc2N1. The first kappa shape index (κ1) is 14.6. The van der Waals surface area contributed by atoms with Crippen LogP contribution in [0.5, 0.6) is 0 Å². The number of nitrogens with one attached hydrogen (secondary N) is 2. The van der Waals surface area contributed by atoms with Crippen molar-refractivity contribution in [3.63, 3.8) is 0 Å². The van der Waals surface area contributed by atoms with Gasteiger partial charge in [0, 0.05) is 6.54 Å². The Morgan fingerprint density at radius 1 is 0.913 bits per heavy atom. The molecule has 0 aromatic heterocycles. The fourth-order valence-corrected chi connectivity index (χ4v) is 4.00. The van der Waals surface area contributed by atoms with Crippen molar-refractivity contribution in [2.24, 2.45) is 0 Å². The summed E-state index contributed by atoms with van der Waals surface area (Å²) >= 11 is 0. The van der Waals surface area contributed by atoms with E-state index in [9.17, 15) is 0 Å². The summed E-state index contributed by atoms with van der Waals surface area (Å²) in [7, 11) is 0. The summed E-state index contributed by atoms with van der Waals surface area (Å²) in [4.78, 5) is 2.59. The van der Waals surface area contributed by atoms with Crippen LogP contribution in [0.25, 0.3) is 0 Å². The summed E-state index contributed by atoms with van der Waals surface area (Å²) < 4.78 is 0. The molecule has 0 atom stereocenters. The fraction of sp³-hybridized carbons (Fsp3) is 0.400. The van der Waals surface area contributed by atoms with E-state index >= 15 is 0 Å². The van der Waals surface area contributed by atoms with Crippen molar-refractivity contribution in [2.75, 3.05) is 30.3 Å². The predicted octanol–water partition coefficient (Wildman–Crippen LogP) is 4.12. The highest BCUT2D eigenvalue weighted by Crippen LogP contribution is 2.35. The van der Waals surface area contributed by atoms with Crippen LogP contribution in [0.4, 0.5) is 11.4 Å². The molecular formula is C20H25N3. The zero-order valence-corrected chi connectivity index (χ0v) is 13.8. The summed E-state index contributed by atoms with van der Waals surface area (Å²) in [5.41, 5.74) is 3.87. The molecule has 2 heterocycles. The first-order valence-electron chi connectivity index (χ1n) is 8.65. The van der Waals surface area contributed by atoms with Crippen LogP contribution in [0.15, 0.2) is 54.6 Å². The van der Waals surface area contributed by atoms with E-state index in [4.69, 9.17) is 0 Å². The molecule has 0 amide bonds. The van der Waals surface area contributed by atoms with Crippen LogP contribution < -0.4 is 10.6 Å². The molecule has 2 N–H and O–H groups in total. The van der Waals surface area contributed by atoms with Crippen molar-refractivity contribution in [1.82, 2.24) is 4.90 Å². The molecule has 0 radical (unpaired) electrons. The van der Waals surface area contributed by atoms with E-state index in [0.717, 1.165) is 12.5 Å². The molecule has 2 aromatic carbocycles. The Balaban J connectivity index is 1.35. The van der Waals surface area contributed by atoms with E-state index < -0.39 is 0 Å². The molecule has 2 aliphatic rings. The van der Waals surface area contributed by atoms with E-state index in [1.165, 1.54) is 42.9 Å². The van der Waals surface area contributed by atoms with Crippen molar-refractivity contribution >= 4 is 11.4 Å². The smallest absolute Gasteiger partial charge is 0.118 e. The number of piperidine rings is 1. The van der Waals surface area contributed by atoms with E-state index in [1.54, 1.807) is 0 Å². The van der Waals surface area contributed by atoms with Gasteiger partial charge in [-0.15, -0.1) is 0 Å². The number of hydrogen-bond acceptors (Lipinski definition) is 3. The van der Waals surface area contributed by atoms with Gasteiger partial charge in [0.2, 0.25) is 0 Å². The fourth-order valence-electron chi connectivity index (χ4n) is 4.00. The standard InChI is InChI=1S/C20H25N3/c1-20(21-18-9-5-6-10-19(18)22-20)15-23-13-11-17(12-14-23)16-7-3-2-4-8-16/h2-10,17,21-22H,11-15H2,1H3. The molecule has 0 aliphatic carbocycles. The summed E-state index contributed by atoms with van der Waals surface area (Å²) in [5, 5.41) is 7.30. The number of hydrogen-bond donors (Lipinski definition) is 2. The van der Waals surface area contributed by atoms with Crippen molar-refractivity contribution in [2.45, 2.75) is 31.3 Å². The lowest BCUT2D eigenvalue weighted by Gasteiger charge is -2.38. The van der Waals surface area contributed by atoms with E-state index in [0.29, 0.717) is 0 Å². The van der Waals surface area contributed by atoms with Crippen molar-refractivity contribution in [3.05, 3.63) is 60.2 Å². The number of benzene rings is 2. The minimum atomic E-state index is -0.0662. The Bertz CT molecular complexity index is 635. The number of anilines is 2. The second kappa shape index (κ2) is 5.89. The predicted molar refractivity (Wildman–Crippen MR) is 96.9 cm³/mol. The Morgan fingerprint density at radius 3 is 2.09 bits per heavy atom. The van der Waals surface area contributed by atoms with E-state index in [1.807, 2.05) is 0 Å². The minimum Gasteiger partial charge on any atom is -0.360 e. The molecule has 3 nitrogen and oxygen atoms in total. The largest absolute Gasteiger partial charge is 0.360 e. The van der Waals surface area contributed by atoms with E-state index in [2.05, 4.69) is 77.1 Å². The lowest BCUT2D eigenvalue weighted by atomic mass is 9.89. The summed E-state index contributed by atoms with van der Waals surface area (Å²) in [6.45, 7) is 5.64. The zero-order valence-electron chi connectivity index (χ0n) is 13.8. The van der Waals surface area contributed by atoms with Gasteiger partial charge in [-0.3, -0.25) is 4.90 Å². The molecule has 1 saturated heterocycles. The minimum absolute atomic E-state index is 0.0662. The van der Waals surface area contributed by atoms with Gasteiger partial charge in [-0.2, -0.15) is 0 Å². The second-order valence-corrected chi connectivity index (χ2v) is 7.09. The average molecular weight is 307 g/mol. The molecule has 0 bridgehead atoms. The molecule has 1 fully saturated rings. The van der Waals surface area contributed by atoms with Crippen molar-refractivity contribution in [3.8, 4) is 0 Å². The number of fused-ring (bicyclic) bond motifs is 1. The third-order valence-corrected chi connectivity index (χ3v) is 5.15. The van der Waals surface area contributed by atoms with Crippen LogP contribution in [-0.4, -0.2) is 30.2 Å². The maximum atomic E-state index is 3.65. The number of likely N-dealkylation sites (tertiary alicyclic amines) is 1. The molecule has 23 heavy (non-hydrogen) atoms. The molecule has 120 valence electrons. The first-order chi connectivity index (χ1) is 11.2. The Hall–Kier alpha value is -2.00. The highest BCUT2D eigenvalue weighted by Gasteiger charge is 2.34. The summed E-state index contributed by atoms with van der Waals surface area (Å²) in [5.74, 6) is 0.724. The zero-order chi connectivity index (χ0) is 15.7. The quantitative estimate of drug-likeness (QED) is 0.893. The van der Waals surface area contributed by atoms with Gasteiger partial charge in [0.1, 0.15) is 5.66 Å². The lowest BCUT2D eigenvalue weighted by molar-refractivity contribution is 0.189. The van der Waals surface area contributed by atoms with Crippen LogP contribution in [-0.2, 0) is 0 Å². The first-order valence-corrected chi connectivity index (χ1v) is 8.65. The monoisotopic (exact) mass is 307 g/mol. The highest BCUT2D eigenvalue weighted by molar-refractivity contribution is 5.75. The van der Waals surface area contributed by atoms with Crippen molar-refractivity contribution < 1.29 is 0 Å². The molecule has 0 unspecified atom stereocenters. The van der Waals surface area contributed by atoms with Gasteiger partial charge < -0.3 is 10.6 Å². The lowest BCUT2D eigenvalue weighted by Crippen LogP contribution is -2.51. The van der Waals surface area contributed by atoms with Crippen LogP contribution >= 0.6 is 0 Å². The van der Waals surface area contributed by atoms with E-state index in [-0.39, 0.29) is 5.66 Å². The summed E-state index contributed by atoms with van der Waals surface area (Å²) in [6, 6.07) is 19.4. The van der Waals surface area contributed by atoms with Gasteiger partial charge in [-0.1, -0.05) is 42.5 Å². The van der Waals surface area contributed by atoms with Crippen LogP contribution in [0.1, 0.15) is 31.2 Å². The topological polar surface area (TPSA) is 27.3 Å². The van der Waals surface area contributed by atoms with Gasteiger partial charge in [0.05, 0.1) is 11.4 Å². The Morgan fingerprint density at radius 2 is 1.48 bits per heavy atom. The van der Waals surface area contributed by atoms with Crippen LogP contribution in [0.2, 0.25) is 0 Å². The molecule has 3 heteroatoms. The number of rotatable bonds is 3. The van der Waals surface area contributed by atoms with Gasteiger partial charge in [-0.25, -0.2) is 0 Å². The highest BCUT2D eigenvalue weighted by atomic mass is 15.3. The third-order valence-electron chi connectivity index (χ3n) is 5.15. The summed E-state index contributed by atoms with van der Waals surface area (Å²) in [6.07, 6.45) is 2.51. The molecule has 4 rings (SSSR count). The maximum absolute atomic E-state index is 3.65. The van der Waals surface area contributed by atoms with Gasteiger partial charge in [0.25, 0.3) is 0 Å². The Kier molecular flexibility index (Phi) is 3.74. The molecular weight excluding hydrogens is 282 g/mol. The van der Waals surface area contributed by atoms with Gasteiger partial charge in [0.15, 0.2) is 0 Å². The number of para-hydroxylation sites is 2. The van der Waals surface area contributed by atoms with Crippen LogP contribution in [0, 0.1) is 0 Å². The molecule has 2 aromatic rings. The second-order valence-electron chi connectivity index (χ2n) is 7.09. The maximum Gasteiger partial charge on any atom is 0.118 e. The molecule has 0 spiro atoms. The molecule has 2 aliphatic heterocycles.